The smallest absolute Gasteiger partial charge is 0.271 e. The van der Waals surface area contributed by atoms with Gasteiger partial charge in [-0.1, -0.05) is 0 Å². The molecule has 3 aromatic heterocycles. The highest BCUT2D eigenvalue weighted by molar-refractivity contribution is 7.15. The van der Waals surface area contributed by atoms with E-state index in [0.717, 1.165) is 11.3 Å². The van der Waals surface area contributed by atoms with Gasteiger partial charge in [0.15, 0.2) is 4.96 Å². The van der Waals surface area contributed by atoms with Crippen LogP contribution < -0.4 is 10.9 Å². The van der Waals surface area contributed by atoms with Crippen molar-refractivity contribution in [1.29, 1.82) is 0 Å². The lowest BCUT2D eigenvalue weighted by molar-refractivity contribution is 0.0938. The summed E-state index contributed by atoms with van der Waals surface area (Å²) >= 11 is 1.32. The highest BCUT2D eigenvalue weighted by Gasteiger charge is 2.20. The summed E-state index contributed by atoms with van der Waals surface area (Å²) in [5, 5.41) is 8.89. The minimum absolute atomic E-state index is 0.0219. The first-order chi connectivity index (χ1) is 13.5. The van der Waals surface area contributed by atoms with Gasteiger partial charge in [0.25, 0.3) is 11.5 Å². The quantitative estimate of drug-likeness (QED) is 0.574. The number of nitrogens with zero attached hydrogens (tertiary/aromatic N) is 4. The summed E-state index contributed by atoms with van der Waals surface area (Å²) in [4.78, 5) is 29.7. The van der Waals surface area contributed by atoms with Crippen molar-refractivity contribution in [2.75, 3.05) is 0 Å². The minimum Gasteiger partial charge on any atom is -0.345 e. The van der Waals surface area contributed by atoms with Crippen LogP contribution in [0.1, 0.15) is 34.6 Å². The summed E-state index contributed by atoms with van der Waals surface area (Å²) < 4.78 is 16.2. The molecule has 9 heteroatoms. The maximum absolute atomic E-state index is 13.1. The van der Waals surface area contributed by atoms with Gasteiger partial charge in [0.2, 0.25) is 0 Å². The number of thiazole rings is 1. The van der Waals surface area contributed by atoms with E-state index >= 15 is 0 Å². The highest BCUT2D eigenvalue weighted by atomic mass is 32.1. The molecule has 0 saturated carbocycles. The van der Waals surface area contributed by atoms with Crippen molar-refractivity contribution in [1.82, 2.24) is 24.5 Å². The maximum atomic E-state index is 13.1. The largest absolute Gasteiger partial charge is 0.345 e. The molecule has 0 spiro atoms. The van der Waals surface area contributed by atoms with E-state index in [-0.39, 0.29) is 17.4 Å². The number of halogens is 1. The first kappa shape index (κ1) is 18.1. The molecule has 0 unspecified atom stereocenters. The second-order valence-electron chi connectivity index (χ2n) is 6.30. The number of carbonyl (C=O) groups is 1. The van der Waals surface area contributed by atoms with Gasteiger partial charge in [0.1, 0.15) is 11.4 Å². The van der Waals surface area contributed by atoms with E-state index in [1.54, 1.807) is 34.6 Å². The molecule has 4 aromatic rings. The predicted molar refractivity (Wildman–Crippen MR) is 103 cm³/mol. The summed E-state index contributed by atoms with van der Waals surface area (Å²) in [6.45, 7) is 3.67. The Hall–Kier alpha value is -3.33. The van der Waals surface area contributed by atoms with Gasteiger partial charge in [-0.05, 0) is 38.1 Å². The van der Waals surface area contributed by atoms with Gasteiger partial charge >= 0.3 is 0 Å². The van der Waals surface area contributed by atoms with E-state index in [1.807, 2.05) is 13.8 Å². The monoisotopic (exact) mass is 397 g/mol. The number of benzene rings is 1. The summed E-state index contributed by atoms with van der Waals surface area (Å²) in [7, 11) is 0. The van der Waals surface area contributed by atoms with Crippen LogP contribution in [0.2, 0.25) is 0 Å². The summed E-state index contributed by atoms with van der Waals surface area (Å²) in [5.74, 6) is -0.823. The van der Waals surface area contributed by atoms with Gasteiger partial charge < -0.3 is 5.32 Å². The van der Waals surface area contributed by atoms with Crippen LogP contribution in [0.5, 0.6) is 0 Å². The van der Waals surface area contributed by atoms with Crippen LogP contribution in [0, 0.1) is 12.7 Å². The average Bonchev–Trinajstić information content (AvgIpc) is 3.30. The third kappa shape index (κ3) is 3.09. The number of nitrogens with one attached hydrogen (secondary N) is 1. The maximum Gasteiger partial charge on any atom is 0.271 e. The van der Waals surface area contributed by atoms with Crippen molar-refractivity contribution >= 4 is 22.2 Å². The Bertz CT molecular complexity index is 1230. The molecule has 142 valence electrons. The van der Waals surface area contributed by atoms with E-state index in [2.05, 4.69) is 15.4 Å². The van der Waals surface area contributed by atoms with Gasteiger partial charge in [0, 0.05) is 29.0 Å². The standard InChI is InChI=1S/C19H16FN5O2S/c1-11(15-10-22-25(12(15)2)14-5-3-13(20)4-6-14)23-17(26)16-9-21-19-24(18(16)27)7-8-28-19/h3-11H,1-2H3,(H,23,26)/t11-/m0/s1. The highest BCUT2D eigenvalue weighted by Crippen LogP contribution is 2.20. The number of carbonyl (C=O) groups excluding carboxylic acids is 1. The Labute approximate surface area is 163 Å². The molecule has 1 atom stereocenters. The Morgan fingerprint density at radius 1 is 1.25 bits per heavy atom. The van der Waals surface area contributed by atoms with Crippen LogP contribution in [0.25, 0.3) is 10.6 Å². The molecule has 0 fully saturated rings. The number of hydrogen-bond donors (Lipinski definition) is 1. The predicted octanol–water partition coefficient (Wildman–Crippen LogP) is 2.88. The third-order valence-corrected chi connectivity index (χ3v) is 5.29. The van der Waals surface area contributed by atoms with Gasteiger partial charge in [-0.2, -0.15) is 5.10 Å². The van der Waals surface area contributed by atoms with E-state index < -0.39 is 11.5 Å². The first-order valence-electron chi connectivity index (χ1n) is 8.52. The first-order valence-corrected chi connectivity index (χ1v) is 9.40. The SMILES string of the molecule is Cc1c([C@H](C)NC(=O)c2cnc3sccn3c2=O)cnn1-c1ccc(F)cc1. The van der Waals surface area contributed by atoms with E-state index in [9.17, 15) is 14.0 Å². The fraction of sp³-hybridized carbons (Fsp3) is 0.158. The van der Waals surface area contributed by atoms with Gasteiger partial charge in [-0.15, -0.1) is 11.3 Å². The minimum atomic E-state index is -0.500. The topological polar surface area (TPSA) is 81.3 Å². The second-order valence-corrected chi connectivity index (χ2v) is 7.17. The van der Waals surface area contributed by atoms with Crippen molar-refractivity contribution in [3.8, 4) is 5.69 Å². The van der Waals surface area contributed by atoms with Crippen LogP contribution in [0.4, 0.5) is 4.39 Å². The Morgan fingerprint density at radius 2 is 2.00 bits per heavy atom. The zero-order chi connectivity index (χ0) is 19.8. The van der Waals surface area contributed by atoms with Gasteiger partial charge in [0.05, 0.1) is 17.9 Å². The number of fused-ring (bicyclic) bond motifs is 1. The molecule has 1 N–H and O–H groups in total. The lowest BCUT2D eigenvalue weighted by Crippen LogP contribution is -2.33. The van der Waals surface area contributed by atoms with Crippen molar-refractivity contribution in [3.63, 3.8) is 0 Å². The Morgan fingerprint density at radius 3 is 2.75 bits per heavy atom. The third-order valence-electron chi connectivity index (χ3n) is 4.52. The molecule has 4 rings (SSSR count). The molecule has 0 aliphatic heterocycles. The molecule has 3 heterocycles. The number of amides is 1. The van der Waals surface area contributed by atoms with Crippen LogP contribution in [-0.4, -0.2) is 25.1 Å². The molecule has 1 amide bonds. The molecule has 1 aromatic carbocycles. The molecular formula is C19H16FN5O2S. The van der Waals surface area contributed by atoms with E-state index in [0.29, 0.717) is 10.6 Å². The fourth-order valence-electron chi connectivity index (χ4n) is 3.02. The molecule has 0 radical (unpaired) electrons. The van der Waals surface area contributed by atoms with Crippen molar-refractivity contribution in [2.45, 2.75) is 19.9 Å². The fourth-order valence-corrected chi connectivity index (χ4v) is 3.70. The van der Waals surface area contributed by atoms with E-state index in [1.165, 1.54) is 34.1 Å². The summed E-state index contributed by atoms with van der Waals surface area (Å²) in [5.41, 5.74) is 1.89. The van der Waals surface area contributed by atoms with Gasteiger partial charge in [-0.25, -0.2) is 14.1 Å². The molecule has 28 heavy (non-hydrogen) atoms. The van der Waals surface area contributed by atoms with Crippen molar-refractivity contribution in [3.05, 3.63) is 81.2 Å². The zero-order valence-corrected chi connectivity index (χ0v) is 15.9. The van der Waals surface area contributed by atoms with Crippen LogP contribution >= 0.6 is 11.3 Å². The Kier molecular flexibility index (Phi) is 4.52. The number of rotatable bonds is 4. The number of aromatic nitrogens is 4. The second kappa shape index (κ2) is 7.01. The average molecular weight is 397 g/mol. The van der Waals surface area contributed by atoms with Crippen molar-refractivity contribution < 1.29 is 9.18 Å². The van der Waals surface area contributed by atoms with Crippen LogP contribution in [-0.2, 0) is 0 Å². The molecule has 0 aliphatic carbocycles. The zero-order valence-electron chi connectivity index (χ0n) is 15.1. The molecule has 0 bridgehead atoms. The molecule has 0 aliphatic rings. The van der Waals surface area contributed by atoms with Crippen LogP contribution in [0.3, 0.4) is 0 Å². The molecule has 7 nitrogen and oxygen atoms in total. The van der Waals surface area contributed by atoms with Gasteiger partial charge in [-0.3, -0.25) is 14.0 Å². The number of hydrogen-bond acceptors (Lipinski definition) is 5. The van der Waals surface area contributed by atoms with Crippen molar-refractivity contribution in [2.24, 2.45) is 0 Å². The normalized spacial score (nSPS) is 12.2. The molecular weight excluding hydrogens is 381 g/mol. The lowest BCUT2D eigenvalue weighted by Gasteiger charge is -2.14. The van der Waals surface area contributed by atoms with E-state index in [4.69, 9.17) is 0 Å². The molecule has 0 saturated heterocycles. The summed E-state index contributed by atoms with van der Waals surface area (Å²) in [6, 6.07) is 5.60. The van der Waals surface area contributed by atoms with Crippen LogP contribution in [0.15, 0.2) is 53.0 Å². The summed E-state index contributed by atoms with van der Waals surface area (Å²) in [6.07, 6.45) is 4.54. The Balaban J connectivity index is 1.59. The lowest BCUT2D eigenvalue weighted by atomic mass is 10.1.